The molecule has 0 radical (unpaired) electrons. The quantitative estimate of drug-likeness (QED) is 0.0565. The van der Waals surface area contributed by atoms with Crippen LogP contribution in [0.2, 0.25) is 0 Å². The molecular formula is C31H45N5O9. The summed E-state index contributed by atoms with van der Waals surface area (Å²) < 4.78 is 5.06. The largest absolute Gasteiger partial charge is 0.457 e. The molecule has 0 saturated carbocycles. The molecular weight excluding hydrogens is 586 g/mol. The number of hydrogen-bond donors (Lipinski definition) is 7. The fraction of sp³-hybridized carbons (Fsp3) is 0.548. The number of aliphatic hydroxyl groups excluding tert-OH is 2. The molecule has 45 heavy (non-hydrogen) atoms. The Kier molecular flexibility index (Phi) is 16.3. The minimum atomic E-state index is -2.01. The first-order valence-corrected chi connectivity index (χ1v) is 15.1. The number of carbonyl (C=O) groups excluding carboxylic acids is 6. The van der Waals surface area contributed by atoms with Crippen molar-refractivity contribution in [2.45, 2.75) is 101 Å². The Morgan fingerprint density at radius 1 is 0.867 bits per heavy atom. The number of esters is 1. The first-order chi connectivity index (χ1) is 21.5. The van der Waals surface area contributed by atoms with Crippen LogP contribution in [0, 0.1) is 0 Å². The molecule has 2 aliphatic rings. The molecule has 14 nitrogen and oxygen atoms in total. The summed E-state index contributed by atoms with van der Waals surface area (Å²) >= 11 is 0. The maximum absolute atomic E-state index is 13.0. The lowest BCUT2D eigenvalue weighted by atomic mass is 10.0. The molecule has 2 fully saturated rings. The molecule has 0 bridgehead atoms. The maximum Gasteiger partial charge on any atom is 0.308 e. The molecule has 2 saturated heterocycles. The summed E-state index contributed by atoms with van der Waals surface area (Å²) in [6, 6.07) is -3.71. The van der Waals surface area contributed by atoms with E-state index in [4.69, 9.17) is 10.5 Å². The number of fused-ring (bicyclic) bond motifs is 1. The van der Waals surface area contributed by atoms with Gasteiger partial charge in [-0.3, -0.25) is 28.8 Å². The Balaban J connectivity index is 2.12. The first-order valence-electron chi connectivity index (χ1n) is 15.1. The van der Waals surface area contributed by atoms with Gasteiger partial charge in [0.15, 0.2) is 18.3 Å². The number of primary amides is 1. The van der Waals surface area contributed by atoms with Gasteiger partial charge in [-0.25, -0.2) is 0 Å². The van der Waals surface area contributed by atoms with Crippen molar-refractivity contribution in [2.75, 3.05) is 6.54 Å². The van der Waals surface area contributed by atoms with E-state index in [1.54, 1.807) is 18.2 Å². The fourth-order valence-electron chi connectivity index (χ4n) is 4.73. The van der Waals surface area contributed by atoms with Crippen molar-refractivity contribution >= 4 is 35.5 Å². The molecule has 0 aliphatic carbocycles. The molecule has 2 aliphatic heterocycles. The van der Waals surface area contributed by atoms with Crippen LogP contribution in [0.3, 0.4) is 0 Å². The number of unbranched alkanes of at least 4 members (excludes halogenated alkanes) is 5. The number of hydrogen-bond acceptors (Lipinski definition) is 9. The van der Waals surface area contributed by atoms with Crippen LogP contribution in [-0.2, 0) is 33.5 Å². The Labute approximate surface area is 262 Å². The van der Waals surface area contributed by atoms with Gasteiger partial charge in [0.25, 0.3) is 11.8 Å². The number of aliphatic hydroxyl groups is 2. The summed E-state index contributed by atoms with van der Waals surface area (Å²) in [6.07, 6.45) is 13.1. The highest BCUT2D eigenvalue weighted by Gasteiger charge is 2.45. The number of nitrogens with two attached hydrogens (primary N) is 1. The number of nitrogens with one attached hydrogen (secondary N) is 4. The van der Waals surface area contributed by atoms with E-state index >= 15 is 0 Å². The minimum Gasteiger partial charge on any atom is -0.457 e. The van der Waals surface area contributed by atoms with Crippen molar-refractivity contribution in [3.8, 4) is 0 Å². The highest BCUT2D eigenvalue weighted by atomic mass is 16.6. The van der Waals surface area contributed by atoms with E-state index in [9.17, 15) is 39.0 Å². The molecule has 6 atom stereocenters. The van der Waals surface area contributed by atoms with Gasteiger partial charge in [0, 0.05) is 6.42 Å². The highest BCUT2D eigenvalue weighted by molar-refractivity contribution is 5.93. The van der Waals surface area contributed by atoms with E-state index in [1.807, 2.05) is 18.2 Å². The van der Waals surface area contributed by atoms with Gasteiger partial charge < -0.3 is 42.0 Å². The summed E-state index contributed by atoms with van der Waals surface area (Å²) in [5.41, 5.74) is 5.17. The molecule has 5 amide bonds. The zero-order valence-electron chi connectivity index (χ0n) is 25.3. The number of amides is 5. The average Bonchev–Trinajstić information content (AvgIpc) is 3.37. The zero-order valence-corrected chi connectivity index (χ0v) is 25.3. The molecule has 2 heterocycles. The average molecular weight is 632 g/mol. The zero-order chi connectivity index (χ0) is 33.2. The van der Waals surface area contributed by atoms with Crippen molar-refractivity contribution in [3.63, 3.8) is 0 Å². The second kappa shape index (κ2) is 19.9. The van der Waals surface area contributed by atoms with Gasteiger partial charge in [0.05, 0.1) is 25.0 Å². The van der Waals surface area contributed by atoms with Crippen LogP contribution in [0.25, 0.3) is 0 Å². The van der Waals surface area contributed by atoms with E-state index in [0.29, 0.717) is 0 Å². The van der Waals surface area contributed by atoms with Crippen molar-refractivity contribution in [2.24, 2.45) is 5.73 Å². The van der Waals surface area contributed by atoms with Gasteiger partial charge in [-0.05, 0) is 38.5 Å². The van der Waals surface area contributed by atoms with E-state index in [0.717, 1.165) is 32.1 Å². The van der Waals surface area contributed by atoms with Crippen LogP contribution in [0.4, 0.5) is 0 Å². The van der Waals surface area contributed by atoms with Crippen LogP contribution in [0.1, 0.15) is 64.2 Å². The molecule has 0 aromatic carbocycles. The lowest BCUT2D eigenvalue weighted by Crippen LogP contribution is -2.57. The summed E-state index contributed by atoms with van der Waals surface area (Å²) in [4.78, 5) is 74.5. The van der Waals surface area contributed by atoms with Crippen LogP contribution in [0.15, 0.2) is 49.1 Å². The number of allylic oxidation sites excluding steroid dienone is 6. The molecule has 0 spiro atoms. The first kappa shape index (κ1) is 36.9. The van der Waals surface area contributed by atoms with Gasteiger partial charge in [-0.1, -0.05) is 55.4 Å². The van der Waals surface area contributed by atoms with Gasteiger partial charge in [-0.2, -0.15) is 0 Å². The van der Waals surface area contributed by atoms with Gasteiger partial charge >= 0.3 is 5.97 Å². The van der Waals surface area contributed by atoms with Gasteiger partial charge in [0.2, 0.25) is 17.7 Å². The van der Waals surface area contributed by atoms with Gasteiger partial charge in [0.1, 0.15) is 6.04 Å². The normalized spacial score (nSPS) is 26.8. The van der Waals surface area contributed by atoms with Crippen molar-refractivity contribution < 1.29 is 43.7 Å². The Morgan fingerprint density at radius 2 is 1.53 bits per heavy atom. The second-order valence-electron chi connectivity index (χ2n) is 10.9. The monoisotopic (exact) mass is 631 g/mol. The van der Waals surface area contributed by atoms with E-state index in [1.165, 1.54) is 6.42 Å². The third-order valence-corrected chi connectivity index (χ3v) is 7.21. The Morgan fingerprint density at radius 3 is 2.22 bits per heavy atom. The number of carbonyl (C=O) groups is 6. The predicted molar refractivity (Wildman–Crippen MR) is 164 cm³/mol. The van der Waals surface area contributed by atoms with Crippen LogP contribution < -0.4 is 27.0 Å². The summed E-state index contributed by atoms with van der Waals surface area (Å²) in [7, 11) is 0. The molecule has 2 rings (SSSR count). The molecule has 14 heteroatoms. The third kappa shape index (κ3) is 13.5. The SMILES string of the molecule is C=CCCCCCC/C=C/C=C/C=C/CC1NC(=O)CNC(=O)[C@H](CCC(N)=O)NC(=O)C(O)C2OC(=O)CC2NC(=O)C1O. The maximum atomic E-state index is 13.0. The lowest BCUT2D eigenvalue weighted by molar-refractivity contribution is -0.151. The van der Waals surface area contributed by atoms with E-state index in [-0.39, 0.29) is 19.3 Å². The standard InChI is InChI=1S/C31H45N5O9/c1-2-3-4-5-6-7-8-9-10-11-12-13-14-15-20-26(40)30(43)36-22-18-25(39)45-28(22)27(41)31(44)35-21(16-17-23(32)37)29(42)33-19-24(38)34-20/h2,9-14,20-22,26-28,40-41H,1,3-8,15-19H2,(H2,32,37)(H,33,42)(H,34,38)(H,35,44)(H,36,43)/b10-9+,12-11+,14-13+/t20?,21-,22?,26?,27?,28?/m0/s1. The molecule has 8 N–H and O–H groups in total. The lowest BCUT2D eigenvalue weighted by Gasteiger charge is -2.26. The fourth-order valence-corrected chi connectivity index (χ4v) is 4.73. The number of ether oxygens (including phenoxy) is 1. The molecule has 0 aromatic rings. The number of rotatable bonds is 14. The van der Waals surface area contributed by atoms with Gasteiger partial charge in [-0.15, -0.1) is 6.58 Å². The Hall–Kier alpha value is -4.30. The topological polar surface area (TPSA) is 226 Å². The summed E-state index contributed by atoms with van der Waals surface area (Å²) in [6.45, 7) is 3.13. The summed E-state index contributed by atoms with van der Waals surface area (Å²) in [5, 5.41) is 31.0. The predicted octanol–water partition coefficient (Wildman–Crippen LogP) is -0.541. The molecule has 0 aromatic heterocycles. The molecule has 5 unspecified atom stereocenters. The van der Waals surface area contributed by atoms with E-state index in [2.05, 4.69) is 33.9 Å². The van der Waals surface area contributed by atoms with E-state index < -0.39 is 84.9 Å². The van der Waals surface area contributed by atoms with Crippen molar-refractivity contribution in [1.82, 2.24) is 21.3 Å². The van der Waals surface area contributed by atoms with Crippen molar-refractivity contribution in [1.29, 1.82) is 0 Å². The minimum absolute atomic E-state index is 0.0143. The van der Waals surface area contributed by atoms with Crippen LogP contribution >= 0.6 is 0 Å². The Bertz CT molecular complexity index is 1150. The molecule has 248 valence electrons. The second-order valence-corrected chi connectivity index (χ2v) is 10.9. The van der Waals surface area contributed by atoms with Crippen LogP contribution in [-0.4, -0.2) is 88.7 Å². The van der Waals surface area contributed by atoms with Crippen LogP contribution in [0.5, 0.6) is 0 Å². The highest BCUT2D eigenvalue weighted by Crippen LogP contribution is 2.20. The smallest absolute Gasteiger partial charge is 0.308 e. The summed E-state index contributed by atoms with van der Waals surface area (Å²) in [5.74, 6) is -5.25. The third-order valence-electron chi connectivity index (χ3n) is 7.21. The van der Waals surface area contributed by atoms with Crippen molar-refractivity contribution in [3.05, 3.63) is 49.1 Å².